The van der Waals surface area contributed by atoms with Gasteiger partial charge < -0.3 is 20.3 Å². The van der Waals surface area contributed by atoms with E-state index in [1.165, 1.54) is 36.4 Å². The van der Waals surface area contributed by atoms with Crippen LogP contribution >= 0.6 is 11.6 Å². The summed E-state index contributed by atoms with van der Waals surface area (Å²) in [6.07, 6.45) is 0. The van der Waals surface area contributed by atoms with E-state index in [2.05, 4.69) is 20.6 Å². The van der Waals surface area contributed by atoms with Gasteiger partial charge in [0.25, 0.3) is 0 Å². The average Bonchev–Trinajstić information content (AvgIpc) is 2.81. The van der Waals surface area contributed by atoms with Gasteiger partial charge in [-0.2, -0.15) is 0 Å². The molecule has 1 aliphatic heterocycles. The van der Waals surface area contributed by atoms with Crippen molar-refractivity contribution in [3.05, 3.63) is 59.0 Å². The van der Waals surface area contributed by atoms with E-state index in [-0.39, 0.29) is 27.1 Å². The highest BCUT2D eigenvalue weighted by Gasteiger charge is 2.20. The first-order valence-electron chi connectivity index (χ1n) is 10.5. The number of amides is 2. The van der Waals surface area contributed by atoms with Crippen LogP contribution in [-0.4, -0.2) is 50.7 Å². The molecule has 1 aromatic heterocycles. The Morgan fingerprint density at radius 1 is 1.09 bits per heavy atom. The molecule has 0 aliphatic carbocycles. The molecule has 0 unspecified atom stereocenters. The van der Waals surface area contributed by atoms with Gasteiger partial charge in [0, 0.05) is 30.0 Å². The van der Waals surface area contributed by atoms with Gasteiger partial charge in [-0.25, -0.2) is 32.7 Å². The highest BCUT2D eigenvalue weighted by atomic mass is 35.5. The number of carbonyl (C=O) groups excluding carboxylic acids is 1. The van der Waals surface area contributed by atoms with Crippen molar-refractivity contribution < 1.29 is 22.3 Å². The normalized spacial score (nSPS) is 14.0. The summed E-state index contributed by atoms with van der Waals surface area (Å²) < 4.78 is 43.0. The molecule has 3 aromatic rings. The number of sulfonamides is 1. The van der Waals surface area contributed by atoms with Crippen LogP contribution in [0.3, 0.4) is 0 Å². The van der Waals surface area contributed by atoms with E-state index in [0.29, 0.717) is 43.4 Å². The lowest BCUT2D eigenvalue weighted by molar-refractivity contribution is 0.122. The smallest absolute Gasteiger partial charge is 0.323 e. The number of nitrogens with two attached hydrogens (primary N) is 1. The Morgan fingerprint density at radius 2 is 1.71 bits per heavy atom. The summed E-state index contributed by atoms with van der Waals surface area (Å²) in [6, 6.07) is 8.74. The quantitative estimate of drug-likeness (QED) is 0.438. The van der Waals surface area contributed by atoms with Crippen molar-refractivity contribution in [3.63, 3.8) is 0 Å². The maximum atomic E-state index is 15.0. The van der Waals surface area contributed by atoms with Crippen LogP contribution in [0.5, 0.6) is 0 Å². The van der Waals surface area contributed by atoms with E-state index in [1.807, 2.05) is 4.90 Å². The Kier molecular flexibility index (Phi) is 7.17. The molecule has 35 heavy (non-hydrogen) atoms. The SMILES string of the molecule is Cc1c(Cl)nc(-c2ccc(NC(=O)Nc3ccc(S(N)(=O)=O)cc3)cc2F)nc1N1CCOCC1. The number of anilines is 3. The summed E-state index contributed by atoms with van der Waals surface area (Å²) in [7, 11) is -3.84. The highest BCUT2D eigenvalue weighted by molar-refractivity contribution is 7.89. The molecule has 2 heterocycles. The number of hydrogen-bond acceptors (Lipinski definition) is 7. The molecule has 0 atom stereocenters. The third kappa shape index (κ3) is 5.85. The minimum atomic E-state index is -3.84. The van der Waals surface area contributed by atoms with Crippen LogP contribution < -0.4 is 20.7 Å². The minimum Gasteiger partial charge on any atom is -0.378 e. The molecule has 10 nitrogen and oxygen atoms in total. The van der Waals surface area contributed by atoms with Gasteiger partial charge in [0.05, 0.1) is 23.7 Å². The number of benzene rings is 2. The largest absolute Gasteiger partial charge is 0.378 e. The van der Waals surface area contributed by atoms with Gasteiger partial charge in [-0.1, -0.05) is 11.6 Å². The standard InChI is InChI=1S/C22H22ClFN6O4S/c1-13-19(23)28-20(29-21(13)30-8-10-34-11-9-30)17-7-4-15(12-18(17)24)27-22(31)26-14-2-5-16(6-3-14)35(25,32)33/h2-7,12H,8-11H2,1H3,(H2,25,32,33)(H2,26,27,31). The number of morpholine rings is 1. The Bertz CT molecular complexity index is 1370. The van der Waals surface area contributed by atoms with Crippen LogP contribution in [0.15, 0.2) is 47.4 Å². The highest BCUT2D eigenvalue weighted by Crippen LogP contribution is 2.30. The third-order valence-electron chi connectivity index (χ3n) is 5.28. The monoisotopic (exact) mass is 520 g/mol. The molecule has 4 N–H and O–H groups in total. The van der Waals surface area contributed by atoms with E-state index >= 15 is 0 Å². The topological polar surface area (TPSA) is 140 Å². The van der Waals surface area contributed by atoms with Crippen LogP contribution in [0.4, 0.5) is 26.4 Å². The summed E-state index contributed by atoms with van der Waals surface area (Å²) in [4.78, 5) is 23.0. The van der Waals surface area contributed by atoms with Gasteiger partial charge in [0.1, 0.15) is 16.8 Å². The molecule has 1 saturated heterocycles. The van der Waals surface area contributed by atoms with E-state index in [1.54, 1.807) is 6.92 Å². The molecule has 2 amide bonds. The van der Waals surface area contributed by atoms with Crippen molar-refractivity contribution in [2.45, 2.75) is 11.8 Å². The summed E-state index contributed by atoms with van der Waals surface area (Å²) >= 11 is 6.32. The van der Waals surface area contributed by atoms with Crippen LogP contribution in [0.2, 0.25) is 5.15 Å². The van der Waals surface area contributed by atoms with Crippen molar-refractivity contribution in [1.82, 2.24) is 9.97 Å². The Hall–Kier alpha value is -3.32. The lowest BCUT2D eigenvalue weighted by Crippen LogP contribution is -2.37. The van der Waals surface area contributed by atoms with Crippen molar-refractivity contribution in [1.29, 1.82) is 0 Å². The summed E-state index contributed by atoms with van der Waals surface area (Å²) in [5, 5.41) is 10.3. The summed E-state index contributed by atoms with van der Waals surface area (Å²) in [5.41, 5.74) is 1.34. The molecular weight excluding hydrogens is 499 g/mol. The first-order valence-corrected chi connectivity index (χ1v) is 12.4. The minimum absolute atomic E-state index is 0.0867. The number of ether oxygens (including phenoxy) is 1. The van der Waals surface area contributed by atoms with Crippen molar-refractivity contribution in [2.24, 2.45) is 5.14 Å². The molecule has 1 fully saturated rings. The fraction of sp³-hybridized carbons (Fsp3) is 0.227. The van der Waals surface area contributed by atoms with Crippen molar-refractivity contribution >= 4 is 44.8 Å². The Labute approximate surface area is 206 Å². The molecule has 2 aromatic carbocycles. The zero-order chi connectivity index (χ0) is 25.2. The molecule has 0 radical (unpaired) electrons. The van der Waals surface area contributed by atoms with Crippen LogP contribution in [0.1, 0.15) is 5.56 Å². The van der Waals surface area contributed by atoms with Gasteiger partial charge in [0.15, 0.2) is 5.82 Å². The maximum absolute atomic E-state index is 15.0. The second kappa shape index (κ2) is 10.1. The predicted octanol–water partition coefficient (Wildman–Crippen LogP) is 3.37. The fourth-order valence-corrected chi connectivity index (χ4v) is 4.16. The first kappa shape index (κ1) is 24.8. The number of rotatable bonds is 5. The molecule has 0 saturated carbocycles. The van der Waals surface area contributed by atoms with Gasteiger partial charge in [-0.3, -0.25) is 0 Å². The molecule has 0 bridgehead atoms. The fourth-order valence-electron chi connectivity index (χ4n) is 3.48. The number of primary sulfonamides is 1. The number of nitrogens with zero attached hydrogens (tertiary/aromatic N) is 3. The lowest BCUT2D eigenvalue weighted by atomic mass is 10.1. The van der Waals surface area contributed by atoms with Crippen LogP contribution in [0, 0.1) is 12.7 Å². The number of nitrogens with one attached hydrogen (secondary N) is 2. The predicted molar refractivity (Wildman–Crippen MR) is 131 cm³/mol. The van der Waals surface area contributed by atoms with E-state index in [0.717, 1.165) is 6.07 Å². The van der Waals surface area contributed by atoms with Gasteiger partial charge in [0.2, 0.25) is 10.0 Å². The second-order valence-electron chi connectivity index (χ2n) is 7.73. The number of halogens is 2. The van der Waals surface area contributed by atoms with Crippen LogP contribution in [0.25, 0.3) is 11.4 Å². The number of carbonyl (C=O) groups is 1. The third-order valence-corrected chi connectivity index (χ3v) is 6.58. The van der Waals surface area contributed by atoms with Gasteiger partial charge in [-0.15, -0.1) is 0 Å². The molecule has 4 rings (SSSR count). The number of hydrogen-bond donors (Lipinski definition) is 3. The summed E-state index contributed by atoms with van der Waals surface area (Å²) in [5.74, 6) is 0.108. The van der Waals surface area contributed by atoms with E-state index < -0.39 is 21.9 Å². The molecule has 13 heteroatoms. The first-order chi connectivity index (χ1) is 16.6. The van der Waals surface area contributed by atoms with Gasteiger partial charge >= 0.3 is 6.03 Å². The average molecular weight is 521 g/mol. The Balaban J connectivity index is 1.50. The second-order valence-corrected chi connectivity index (χ2v) is 9.65. The van der Waals surface area contributed by atoms with Crippen LogP contribution in [-0.2, 0) is 14.8 Å². The van der Waals surface area contributed by atoms with E-state index in [9.17, 15) is 17.6 Å². The van der Waals surface area contributed by atoms with Gasteiger partial charge in [-0.05, 0) is 49.4 Å². The van der Waals surface area contributed by atoms with E-state index in [4.69, 9.17) is 21.5 Å². The van der Waals surface area contributed by atoms with Crippen molar-refractivity contribution in [2.75, 3.05) is 41.8 Å². The summed E-state index contributed by atoms with van der Waals surface area (Å²) in [6.45, 7) is 4.20. The lowest BCUT2D eigenvalue weighted by Gasteiger charge is -2.29. The molecular formula is C22H22ClFN6O4S. The zero-order valence-corrected chi connectivity index (χ0v) is 20.2. The molecule has 184 valence electrons. The number of aromatic nitrogens is 2. The molecule has 1 aliphatic rings. The van der Waals surface area contributed by atoms with Crippen molar-refractivity contribution in [3.8, 4) is 11.4 Å². The zero-order valence-electron chi connectivity index (χ0n) is 18.6. The Morgan fingerprint density at radius 3 is 2.34 bits per heavy atom. The maximum Gasteiger partial charge on any atom is 0.323 e. The molecule has 0 spiro atoms. The number of urea groups is 1.